The molecular weight excluding hydrogens is 262 g/mol. The van der Waals surface area contributed by atoms with Gasteiger partial charge in [-0.05, 0) is 23.8 Å². The molecule has 0 fully saturated rings. The molecule has 0 radical (unpaired) electrons. The summed E-state index contributed by atoms with van der Waals surface area (Å²) in [7, 11) is 3.04. The molecule has 0 saturated carbocycles. The predicted molar refractivity (Wildman–Crippen MR) is 73.8 cm³/mol. The zero-order valence-corrected chi connectivity index (χ0v) is 11.8. The van der Waals surface area contributed by atoms with Crippen LogP contribution in [-0.2, 0) is 20.9 Å². The number of hydrogen-bond donors (Lipinski definition) is 2. The number of methoxy groups -OCH3 is 2. The number of carbonyl (C=O) groups is 2. The van der Waals surface area contributed by atoms with E-state index in [4.69, 9.17) is 14.6 Å². The Kier molecular flexibility index (Phi) is 6.14. The van der Waals surface area contributed by atoms with Gasteiger partial charge in [0.1, 0.15) is 0 Å². The minimum absolute atomic E-state index is 0.106. The summed E-state index contributed by atoms with van der Waals surface area (Å²) in [5.74, 6) is -1.60. The minimum atomic E-state index is -1.05. The third-order valence-corrected chi connectivity index (χ3v) is 2.68. The number of carboxylic acids is 1. The second-order valence-corrected chi connectivity index (χ2v) is 4.50. The van der Waals surface area contributed by atoms with Crippen LogP contribution in [0.1, 0.15) is 22.8 Å². The lowest BCUT2D eigenvalue weighted by Crippen LogP contribution is -2.24. The molecule has 0 aliphatic heterocycles. The minimum Gasteiger partial charge on any atom is -0.478 e. The van der Waals surface area contributed by atoms with Gasteiger partial charge in [0, 0.05) is 19.9 Å². The average molecular weight is 281 g/mol. The van der Waals surface area contributed by atoms with Crippen molar-refractivity contribution in [2.45, 2.75) is 13.5 Å². The fourth-order valence-corrected chi connectivity index (χ4v) is 1.73. The predicted octanol–water partition coefficient (Wildman–Crippen LogP) is 1.75. The van der Waals surface area contributed by atoms with Gasteiger partial charge in [-0.2, -0.15) is 0 Å². The molecule has 1 rings (SSSR count). The highest BCUT2D eigenvalue weighted by atomic mass is 16.5. The Balaban J connectivity index is 2.93. The van der Waals surface area contributed by atoms with E-state index in [9.17, 15) is 9.59 Å². The summed E-state index contributed by atoms with van der Waals surface area (Å²) < 4.78 is 9.89. The monoisotopic (exact) mass is 281 g/mol. The first kappa shape index (κ1) is 16.1. The molecule has 0 bridgehead atoms. The Morgan fingerprint density at radius 2 is 1.95 bits per heavy atom. The van der Waals surface area contributed by atoms with Crippen LogP contribution in [0.4, 0.5) is 5.69 Å². The normalized spacial score (nSPS) is 11.9. The maximum absolute atomic E-state index is 11.9. The number of amides is 1. The first-order chi connectivity index (χ1) is 9.47. The van der Waals surface area contributed by atoms with Gasteiger partial charge in [-0.15, -0.1) is 0 Å². The maximum atomic E-state index is 11.9. The maximum Gasteiger partial charge on any atom is 0.335 e. The van der Waals surface area contributed by atoms with E-state index in [2.05, 4.69) is 5.32 Å². The van der Waals surface area contributed by atoms with Crippen molar-refractivity contribution in [3.8, 4) is 0 Å². The number of nitrogens with one attached hydrogen (secondary N) is 1. The third-order valence-electron chi connectivity index (χ3n) is 2.68. The molecule has 0 aliphatic rings. The number of carboxylic acid groups (broad SMARTS) is 1. The molecule has 2 N–H and O–H groups in total. The molecule has 0 heterocycles. The van der Waals surface area contributed by atoms with Crippen molar-refractivity contribution < 1.29 is 24.2 Å². The van der Waals surface area contributed by atoms with Crippen LogP contribution in [0.15, 0.2) is 18.2 Å². The number of aromatic carboxylic acids is 1. The first-order valence-corrected chi connectivity index (χ1v) is 6.14. The second-order valence-electron chi connectivity index (χ2n) is 4.50. The number of rotatable bonds is 7. The van der Waals surface area contributed by atoms with E-state index in [0.717, 1.165) is 0 Å². The molecule has 20 heavy (non-hydrogen) atoms. The first-order valence-electron chi connectivity index (χ1n) is 6.14. The molecular formula is C14H19NO5. The molecule has 0 aromatic heterocycles. The van der Waals surface area contributed by atoms with Gasteiger partial charge in [0.15, 0.2) is 0 Å². The molecule has 0 aliphatic carbocycles. The van der Waals surface area contributed by atoms with Crippen LogP contribution in [-0.4, -0.2) is 37.8 Å². The Morgan fingerprint density at radius 1 is 1.25 bits per heavy atom. The SMILES string of the molecule is COCc1cc(NC(=O)C(C)COC)cc(C(=O)O)c1. The number of carbonyl (C=O) groups excluding carboxylic acids is 1. The smallest absolute Gasteiger partial charge is 0.335 e. The van der Waals surface area contributed by atoms with Crippen LogP contribution in [0.3, 0.4) is 0 Å². The van der Waals surface area contributed by atoms with Crippen molar-refractivity contribution >= 4 is 17.6 Å². The van der Waals surface area contributed by atoms with Crippen molar-refractivity contribution in [2.24, 2.45) is 5.92 Å². The zero-order valence-electron chi connectivity index (χ0n) is 11.8. The average Bonchev–Trinajstić information content (AvgIpc) is 2.39. The van der Waals surface area contributed by atoms with Crippen molar-refractivity contribution in [1.29, 1.82) is 0 Å². The molecule has 1 atom stereocenters. The lowest BCUT2D eigenvalue weighted by atomic mass is 10.1. The van der Waals surface area contributed by atoms with Crippen molar-refractivity contribution in [3.05, 3.63) is 29.3 Å². The van der Waals surface area contributed by atoms with E-state index in [1.54, 1.807) is 13.0 Å². The molecule has 0 saturated heterocycles. The summed E-state index contributed by atoms with van der Waals surface area (Å²) in [6.07, 6.45) is 0. The van der Waals surface area contributed by atoms with Gasteiger partial charge in [-0.3, -0.25) is 4.79 Å². The third kappa shape index (κ3) is 4.64. The van der Waals surface area contributed by atoms with E-state index < -0.39 is 5.97 Å². The standard InChI is InChI=1S/C14H19NO5/c1-9(7-19-2)13(16)15-12-5-10(8-20-3)4-11(6-12)14(17)18/h4-6,9H,7-8H2,1-3H3,(H,15,16)(H,17,18). The van der Waals surface area contributed by atoms with Gasteiger partial charge in [-0.1, -0.05) is 6.92 Å². The van der Waals surface area contributed by atoms with E-state index in [1.807, 2.05) is 0 Å². The Bertz CT molecular complexity index is 486. The van der Waals surface area contributed by atoms with Gasteiger partial charge >= 0.3 is 5.97 Å². The van der Waals surface area contributed by atoms with Gasteiger partial charge in [-0.25, -0.2) is 4.79 Å². The van der Waals surface area contributed by atoms with Gasteiger partial charge in [0.2, 0.25) is 5.91 Å². The van der Waals surface area contributed by atoms with Crippen LogP contribution < -0.4 is 5.32 Å². The molecule has 1 aromatic rings. The molecule has 1 unspecified atom stereocenters. The molecule has 6 heteroatoms. The quantitative estimate of drug-likeness (QED) is 0.795. The van der Waals surface area contributed by atoms with Gasteiger partial charge in [0.05, 0.1) is 24.7 Å². The van der Waals surface area contributed by atoms with Crippen molar-refractivity contribution in [1.82, 2.24) is 0 Å². The van der Waals surface area contributed by atoms with Gasteiger partial charge < -0.3 is 19.9 Å². The number of ether oxygens (including phenoxy) is 2. The second kappa shape index (κ2) is 7.62. The summed E-state index contributed by atoms with van der Waals surface area (Å²) in [5, 5.41) is 11.7. The molecule has 1 amide bonds. The Labute approximate surface area is 117 Å². The van der Waals surface area contributed by atoms with Crippen molar-refractivity contribution in [2.75, 3.05) is 26.1 Å². The highest BCUT2D eigenvalue weighted by molar-refractivity contribution is 5.95. The van der Waals surface area contributed by atoms with Crippen LogP contribution in [0, 0.1) is 5.92 Å². The summed E-state index contributed by atoms with van der Waals surface area (Å²) in [5.41, 5.74) is 1.22. The van der Waals surface area contributed by atoms with E-state index >= 15 is 0 Å². The largest absolute Gasteiger partial charge is 0.478 e. The molecule has 110 valence electrons. The van der Waals surface area contributed by atoms with Crippen LogP contribution >= 0.6 is 0 Å². The topological polar surface area (TPSA) is 84.9 Å². The summed E-state index contributed by atoms with van der Waals surface area (Å²) >= 11 is 0. The van der Waals surface area contributed by atoms with E-state index in [-0.39, 0.29) is 24.0 Å². The summed E-state index contributed by atoms with van der Waals surface area (Å²) in [6.45, 7) is 2.31. The zero-order chi connectivity index (χ0) is 15.1. The van der Waals surface area contributed by atoms with E-state index in [0.29, 0.717) is 17.9 Å². The van der Waals surface area contributed by atoms with E-state index in [1.165, 1.54) is 26.4 Å². The highest BCUT2D eigenvalue weighted by Gasteiger charge is 2.14. The number of hydrogen-bond acceptors (Lipinski definition) is 4. The van der Waals surface area contributed by atoms with Crippen LogP contribution in [0.5, 0.6) is 0 Å². The molecule has 6 nitrogen and oxygen atoms in total. The lowest BCUT2D eigenvalue weighted by Gasteiger charge is -2.13. The van der Waals surface area contributed by atoms with Gasteiger partial charge in [0.25, 0.3) is 0 Å². The molecule has 0 spiro atoms. The van der Waals surface area contributed by atoms with Crippen LogP contribution in [0.2, 0.25) is 0 Å². The lowest BCUT2D eigenvalue weighted by molar-refractivity contribution is -0.120. The summed E-state index contributed by atoms with van der Waals surface area (Å²) in [6, 6.07) is 4.62. The number of benzene rings is 1. The van der Waals surface area contributed by atoms with Crippen LogP contribution in [0.25, 0.3) is 0 Å². The number of anilines is 1. The highest BCUT2D eigenvalue weighted by Crippen LogP contribution is 2.17. The van der Waals surface area contributed by atoms with Crippen molar-refractivity contribution in [3.63, 3.8) is 0 Å². The fourth-order valence-electron chi connectivity index (χ4n) is 1.73. The Morgan fingerprint density at radius 3 is 2.50 bits per heavy atom. The molecule has 1 aromatic carbocycles. The summed E-state index contributed by atoms with van der Waals surface area (Å²) in [4.78, 5) is 22.9. The fraction of sp³-hybridized carbons (Fsp3) is 0.429. The Hall–Kier alpha value is -1.92.